The molecular weight excluding hydrogens is 196 g/mol. The van der Waals surface area contributed by atoms with E-state index < -0.39 is 0 Å². The molecule has 0 saturated heterocycles. The highest BCUT2D eigenvalue weighted by atomic mass is 14.8. The number of fused-ring (bicyclic) bond motifs is 1. The maximum atomic E-state index is 4.56. The lowest BCUT2D eigenvalue weighted by Crippen LogP contribution is -1.97. The summed E-state index contributed by atoms with van der Waals surface area (Å²) in [5, 5.41) is 1.26. The van der Waals surface area contributed by atoms with Crippen molar-refractivity contribution in [2.45, 2.75) is 47.5 Å². The van der Waals surface area contributed by atoms with Crippen LogP contribution in [0.25, 0.3) is 11.0 Å². The lowest BCUT2D eigenvalue weighted by Gasteiger charge is -2.08. The van der Waals surface area contributed by atoms with E-state index in [9.17, 15) is 0 Å². The molecule has 2 rings (SSSR count). The van der Waals surface area contributed by atoms with E-state index in [0.717, 1.165) is 12.1 Å². The van der Waals surface area contributed by atoms with Gasteiger partial charge >= 0.3 is 0 Å². The molecule has 2 aromatic heterocycles. The highest BCUT2D eigenvalue weighted by Gasteiger charge is 2.08. The van der Waals surface area contributed by atoms with Gasteiger partial charge in [-0.25, -0.2) is 4.98 Å². The highest BCUT2D eigenvalue weighted by Crippen LogP contribution is 2.22. The zero-order valence-corrected chi connectivity index (χ0v) is 11.0. The number of hydrogen-bond acceptors (Lipinski definition) is 1. The van der Waals surface area contributed by atoms with Crippen molar-refractivity contribution in [2.24, 2.45) is 0 Å². The lowest BCUT2D eigenvalue weighted by molar-refractivity contribution is 0.894. The summed E-state index contributed by atoms with van der Waals surface area (Å²) in [5.41, 5.74) is 4.98. The van der Waals surface area contributed by atoms with Gasteiger partial charge in [0.1, 0.15) is 5.65 Å². The molecule has 0 saturated carbocycles. The Hall–Kier alpha value is -1.31. The maximum absolute atomic E-state index is 4.56. The Kier molecular flexibility index (Phi) is 4.53. The molecule has 0 radical (unpaired) electrons. The molecule has 0 aromatic carbocycles. The van der Waals surface area contributed by atoms with Gasteiger partial charge in [-0.15, -0.1) is 0 Å². The van der Waals surface area contributed by atoms with Gasteiger partial charge in [0.15, 0.2) is 0 Å². The molecule has 2 nitrogen and oxygen atoms in total. The smallest absolute Gasteiger partial charge is 0.137 e. The van der Waals surface area contributed by atoms with Crippen LogP contribution in [-0.2, 0) is 6.42 Å². The third-order valence-electron chi connectivity index (χ3n) is 2.80. The Morgan fingerprint density at radius 1 is 1.25 bits per heavy atom. The van der Waals surface area contributed by atoms with Crippen LogP contribution in [0.4, 0.5) is 0 Å². The van der Waals surface area contributed by atoms with E-state index in [1.807, 2.05) is 20.0 Å². The van der Waals surface area contributed by atoms with Crippen LogP contribution in [0.2, 0.25) is 0 Å². The van der Waals surface area contributed by atoms with Gasteiger partial charge in [-0.2, -0.15) is 0 Å². The van der Waals surface area contributed by atoms with Crippen LogP contribution in [0, 0.1) is 13.8 Å². The van der Waals surface area contributed by atoms with Crippen LogP contribution in [0.1, 0.15) is 44.0 Å². The molecule has 0 bridgehead atoms. The molecule has 2 heterocycles. The summed E-state index contributed by atoms with van der Waals surface area (Å²) in [6, 6.07) is 2.11. The summed E-state index contributed by atoms with van der Waals surface area (Å²) in [7, 11) is 0. The minimum Gasteiger partial charge on any atom is -0.346 e. The van der Waals surface area contributed by atoms with Gasteiger partial charge in [0, 0.05) is 17.3 Å². The molecule has 0 spiro atoms. The van der Waals surface area contributed by atoms with E-state index in [0.29, 0.717) is 0 Å². The van der Waals surface area contributed by atoms with Crippen molar-refractivity contribution in [3.63, 3.8) is 0 Å². The second-order valence-corrected chi connectivity index (χ2v) is 3.79. The van der Waals surface area contributed by atoms with E-state index in [1.54, 1.807) is 0 Å². The Labute approximate surface area is 98.1 Å². The Balaban J connectivity index is 0.000000606. The first kappa shape index (κ1) is 12.8. The van der Waals surface area contributed by atoms with E-state index in [4.69, 9.17) is 0 Å². The number of rotatable bonds is 2. The van der Waals surface area contributed by atoms with Crippen LogP contribution in [-0.4, -0.2) is 9.97 Å². The van der Waals surface area contributed by atoms with Crippen molar-refractivity contribution in [3.8, 4) is 0 Å². The summed E-state index contributed by atoms with van der Waals surface area (Å²) in [6.45, 7) is 10.5. The number of aromatic amines is 1. The van der Waals surface area contributed by atoms with Gasteiger partial charge in [0.05, 0.1) is 0 Å². The fourth-order valence-corrected chi connectivity index (χ4v) is 2.04. The van der Waals surface area contributed by atoms with Crippen molar-refractivity contribution in [3.05, 3.63) is 29.1 Å². The summed E-state index contributed by atoms with van der Waals surface area (Å²) in [6.07, 6.45) is 4.27. The van der Waals surface area contributed by atoms with Gasteiger partial charge in [0.25, 0.3) is 0 Å². The molecule has 0 aliphatic rings. The molecule has 16 heavy (non-hydrogen) atoms. The first-order valence-electron chi connectivity index (χ1n) is 6.17. The molecule has 0 amide bonds. The van der Waals surface area contributed by atoms with Gasteiger partial charge < -0.3 is 4.98 Å². The predicted octanol–water partition coefficient (Wildman–Crippen LogP) is 4.16. The van der Waals surface area contributed by atoms with Crippen molar-refractivity contribution in [2.75, 3.05) is 0 Å². The van der Waals surface area contributed by atoms with Gasteiger partial charge in [0.2, 0.25) is 0 Å². The predicted molar refractivity (Wildman–Crippen MR) is 70.9 cm³/mol. The average molecular weight is 218 g/mol. The van der Waals surface area contributed by atoms with E-state index in [1.165, 1.54) is 28.6 Å². The molecule has 0 fully saturated rings. The lowest BCUT2D eigenvalue weighted by atomic mass is 10.0. The molecule has 1 N–H and O–H groups in total. The number of H-pyrrole nitrogens is 1. The molecule has 0 unspecified atom stereocenters. The van der Waals surface area contributed by atoms with Crippen molar-refractivity contribution in [1.29, 1.82) is 0 Å². The van der Waals surface area contributed by atoms with E-state index in [2.05, 4.69) is 36.8 Å². The van der Waals surface area contributed by atoms with Crippen LogP contribution < -0.4 is 0 Å². The van der Waals surface area contributed by atoms with Crippen LogP contribution in [0.3, 0.4) is 0 Å². The third kappa shape index (κ3) is 2.26. The van der Waals surface area contributed by atoms with Crippen molar-refractivity contribution < 1.29 is 0 Å². The minimum absolute atomic E-state index is 1.01. The van der Waals surface area contributed by atoms with Crippen molar-refractivity contribution >= 4 is 11.0 Å². The topological polar surface area (TPSA) is 28.7 Å². The Bertz CT molecular complexity index is 455. The van der Waals surface area contributed by atoms with Crippen molar-refractivity contribution in [1.82, 2.24) is 9.97 Å². The standard InChI is InChI=1S/C12H16N2.C2H6/c1-4-5-10-8(2)11-6-7-13-12(11)14-9(10)3;1-2/h6-7H,4-5H2,1-3H3,(H,13,14);1-2H3. The summed E-state index contributed by atoms with van der Waals surface area (Å²) < 4.78 is 0. The van der Waals surface area contributed by atoms with Gasteiger partial charge in [-0.1, -0.05) is 27.2 Å². The van der Waals surface area contributed by atoms with E-state index >= 15 is 0 Å². The Morgan fingerprint density at radius 3 is 2.56 bits per heavy atom. The number of nitrogens with one attached hydrogen (secondary N) is 1. The highest BCUT2D eigenvalue weighted by molar-refractivity contribution is 5.80. The zero-order valence-electron chi connectivity index (χ0n) is 11.0. The second kappa shape index (κ2) is 5.69. The molecule has 2 aromatic rings. The van der Waals surface area contributed by atoms with Crippen LogP contribution >= 0.6 is 0 Å². The Morgan fingerprint density at radius 2 is 1.94 bits per heavy atom. The minimum atomic E-state index is 1.01. The molecule has 0 aliphatic heterocycles. The maximum Gasteiger partial charge on any atom is 0.137 e. The average Bonchev–Trinajstić information content (AvgIpc) is 2.75. The first-order valence-corrected chi connectivity index (χ1v) is 6.17. The second-order valence-electron chi connectivity index (χ2n) is 3.79. The number of pyridine rings is 1. The fourth-order valence-electron chi connectivity index (χ4n) is 2.04. The normalized spacial score (nSPS) is 10.1. The molecule has 0 atom stereocenters. The van der Waals surface area contributed by atoms with Gasteiger partial charge in [-0.05, 0) is 37.5 Å². The zero-order chi connectivity index (χ0) is 12.1. The summed E-state index contributed by atoms with van der Waals surface area (Å²) in [5.74, 6) is 0. The number of aryl methyl sites for hydroxylation is 2. The van der Waals surface area contributed by atoms with E-state index in [-0.39, 0.29) is 0 Å². The third-order valence-corrected chi connectivity index (χ3v) is 2.80. The number of nitrogens with zero attached hydrogens (tertiary/aromatic N) is 1. The summed E-state index contributed by atoms with van der Waals surface area (Å²) >= 11 is 0. The van der Waals surface area contributed by atoms with Crippen LogP contribution in [0.5, 0.6) is 0 Å². The molecule has 88 valence electrons. The SMILES string of the molecule is CC.CCCc1c(C)nc2[nH]ccc2c1C. The summed E-state index contributed by atoms with van der Waals surface area (Å²) in [4.78, 5) is 7.72. The first-order chi connectivity index (χ1) is 7.74. The monoisotopic (exact) mass is 218 g/mol. The number of hydrogen-bond donors (Lipinski definition) is 1. The fraction of sp³-hybridized carbons (Fsp3) is 0.500. The quantitative estimate of drug-likeness (QED) is 0.805. The van der Waals surface area contributed by atoms with Crippen LogP contribution in [0.15, 0.2) is 12.3 Å². The largest absolute Gasteiger partial charge is 0.346 e. The molecular formula is C14H22N2. The number of aromatic nitrogens is 2. The molecule has 0 aliphatic carbocycles. The molecule has 2 heteroatoms. The van der Waals surface area contributed by atoms with Gasteiger partial charge in [-0.3, -0.25) is 0 Å².